The molecule has 96 valence electrons. The molecule has 1 aliphatic rings. The standard InChI is InChI=1S/C10H17N3O2S2/c1-7-6-13(8(2)4-11-7)17(14,15)10-5-12-9(3)16-10/h5,7-8,11H,4,6H2,1-3H3. The van der Waals surface area contributed by atoms with Gasteiger partial charge in [0.25, 0.3) is 10.0 Å². The van der Waals surface area contributed by atoms with Gasteiger partial charge in [0.1, 0.15) is 0 Å². The van der Waals surface area contributed by atoms with Crippen LogP contribution in [-0.4, -0.2) is 42.9 Å². The van der Waals surface area contributed by atoms with Crippen molar-refractivity contribution < 1.29 is 8.42 Å². The van der Waals surface area contributed by atoms with E-state index in [9.17, 15) is 8.42 Å². The molecule has 1 saturated heterocycles. The van der Waals surface area contributed by atoms with Gasteiger partial charge < -0.3 is 5.32 Å². The summed E-state index contributed by atoms with van der Waals surface area (Å²) in [6, 6.07) is 0.175. The van der Waals surface area contributed by atoms with Gasteiger partial charge >= 0.3 is 0 Å². The number of hydrogen-bond acceptors (Lipinski definition) is 5. The van der Waals surface area contributed by atoms with Crippen molar-refractivity contribution >= 4 is 21.4 Å². The highest BCUT2D eigenvalue weighted by Crippen LogP contribution is 2.25. The maximum atomic E-state index is 12.4. The molecular formula is C10H17N3O2S2. The molecule has 2 heterocycles. The third-order valence-electron chi connectivity index (χ3n) is 2.87. The van der Waals surface area contributed by atoms with Crippen molar-refractivity contribution in [3.8, 4) is 0 Å². The Kier molecular flexibility index (Phi) is 3.53. The summed E-state index contributed by atoms with van der Waals surface area (Å²) < 4.78 is 26.8. The molecule has 1 aliphatic heterocycles. The first kappa shape index (κ1) is 12.9. The zero-order valence-corrected chi connectivity index (χ0v) is 11.8. The molecule has 0 amide bonds. The van der Waals surface area contributed by atoms with Crippen molar-refractivity contribution in [1.29, 1.82) is 0 Å². The maximum Gasteiger partial charge on any atom is 0.254 e. The van der Waals surface area contributed by atoms with Crippen molar-refractivity contribution in [1.82, 2.24) is 14.6 Å². The van der Waals surface area contributed by atoms with E-state index in [4.69, 9.17) is 0 Å². The van der Waals surface area contributed by atoms with Gasteiger partial charge in [-0.05, 0) is 20.8 Å². The van der Waals surface area contributed by atoms with E-state index >= 15 is 0 Å². The second-order valence-corrected chi connectivity index (χ2v) is 7.78. The first-order chi connectivity index (χ1) is 7.91. The topological polar surface area (TPSA) is 62.3 Å². The van der Waals surface area contributed by atoms with Gasteiger partial charge in [0, 0.05) is 25.2 Å². The number of sulfonamides is 1. The zero-order chi connectivity index (χ0) is 12.6. The summed E-state index contributed by atoms with van der Waals surface area (Å²) in [6.07, 6.45) is 1.45. The lowest BCUT2D eigenvalue weighted by molar-refractivity contribution is 0.245. The Hall–Kier alpha value is -0.500. The molecule has 17 heavy (non-hydrogen) atoms. The summed E-state index contributed by atoms with van der Waals surface area (Å²) in [5.41, 5.74) is 0. The van der Waals surface area contributed by atoms with Crippen molar-refractivity contribution in [2.45, 2.75) is 37.1 Å². The third-order valence-corrected chi connectivity index (χ3v) is 6.20. The lowest BCUT2D eigenvalue weighted by atomic mass is 10.2. The van der Waals surface area contributed by atoms with Crippen LogP contribution in [-0.2, 0) is 10.0 Å². The Balaban J connectivity index is 2.31. The van der Waals surface area contributed by atoms with Crippen LogP contribution in [0, 0.1) is 6.92 Å². The number of piperazine rings is 1. The average Bonchev–Trinajstić information content (AvgIpc) is 2.69. The highest BCUT2D eigenvalue weighted by Gasteiger charge is 2.34. The summed E-state index contributed by atoms with van der Waals surface area (Å²) in [6.45, 7) is 6.93. The summed E-state index contributed by atoms with van der Waals surface area (Å²) >= 11 is 1.23. The Morgan fingerprint density at radius 1 is 1.53 bits per heavy atom. The van der Waals surface area contributed by atoms with E-state index in [2.05, 4.69) is 10.3 Å². The monoisotopic (exact) mass is 275 g/mol. The number of aromatic nitrogens is 1. The predicted molar refractivity (Wildman–Crippen MR) is 67.7 cm³/mol. The fourth-order valence-electron chi connectivity index (χ4n) is 1.90. The Morgan fingerprint density at radius 3 is 2.82 bits per heavy atom. The van der Waals surface area contributed by atoms with Crippen LogP contribution in [0.25, 0.3) is 0 Å². The van der Waals surface area contributed by atoms with Gasteiger partial charge in [0.05, 0.1) is 11.2 Å². The normalized spacial score (nSPS) is 27.2. The molecule has 1 fully saturated rings. The highest BCUT2D eigenvalue weighted by atomic mass is 32.2. The second kappa shape index (κ2) is 4.64. The number of hydrogen-bond donors (Lipinski definition) is 1. The molecule has 5 nitrogen and oxygen atoms in total. The smallest absolute Gasteiger partial charge is 0.254 e. The second-order valence-electron chi connectivity index (χ2n) is 4.43. The molecule has 1 N–H and O–H groups in total. The van der Waals surface area contributed by atoms with Crippen LogP contribution in [0.1, 0.15) is 18.9 Å². The zero-order valence-electron chi connectivity index (χ0n) is 10.2. The van der Waals surface area contributed by atoms with Gasteiger partial charge in [-0.15, -0.1) is 11.3 Å². The molecule has 0 bridgehead atoms. The minimum atomic E-state index is -3.37. The van der Waals surface area contributed by atoms with Gasteiger partial charge in [-0.1, -0.05) is 0 Å². The number of nitrogens with zero attached hydrogens (tertiary/aromatic N) is 2. The van der Waals surface area contributed by atoms with Crippen molar-refractivity contribution in [3.63, 3.8) is 0 Å². The van der Waals surface area contributed by atoms with Gasteiger partial charge in [0.2, 0.25) is 0 Å². The van der Waals surface area contributed by atoms with Crippen LogP contribution in [0.2, 0.25) is 0 Å². The summed E-state index contributed by atoms with van der Waals surface area (Å²) in [4.78, 5) is 4.02. The molecule has 0 aliphatic carbocycles. The summed E-state index contributed by atoms with van der Waals surface area (Å²) in [5.74, 6) is 0. The van der Waals surface area contributed by atoms with Crippen LogP contribution in [0.4, 0.5) is 0 Å². The summed E-state index contributed by atoms with van der Waals surface area (Å²) in [7, 11) is -3.37. The van der Waals surface area contributed by atoms with E-state index in [1.54, 1.807) is 4.31 Å². The van der Waals surface area contributed by atoms with E-state index < -0.39 is 10.0 Å². The molecule has 0 spiro atoms. The van der Waals surface area contributed by atoms with Crippen LogP contribution in [0.3, 0.4) is 0 Å². The lowest BCUT2D eigenvalue weighted by Gasteiger charge is -2.35. The van der Waals surface area contributed by atoms with E-state index in [-0.39, 0.29) is 12.1 Å². The molecule has 0 radical (unpaired) electrons. The van der Waals surface area contributed by atoms with Crippen LogP contribution < -0.4 is 5.32 Å². The highest BCUT2D eigenvalue weighted by molar-refractivity contribution is 7.91. The SMILES string of the molecule is Cc1ncc(S(=O)(=O)N2CC(C)NCC2C)s1. The van der Waals surface area contributed by atoms with Crippen molar-refractivity contribution in [2.24, 2.45) is 0 Å². The fraction of sp³-hybridized carbons (Fsp3) is 0.700. The van der Waals surface area contributed by atoms with Crippen molar-refractivity contribution in [3.05, 3.63) is 11.2 Å². The molecule has 1 aromatic heterocycles. The van der Waals surface area contributed by atoms with Gasteiger partial charge in [0.15, 0.2) is 4.21 Å². The van der Waals surface area contributed by atoms with Gasteiger partial charge in [-0.25, -0.2) is 13.4 Å². The minimum absolute atomic E-state index is 0.0152. The number of thiazole rings is 1. The fourth-order valence-corrected chi connectivity index (χ4v) is 4.86. The molecule has 2 unspecified atom stereocenters. The Bertz CT molecular complexity index is 497. The molecule has 1 aromatic rings. The van der Waals surface area contributed by atoms with Crippen LogP contribution in [0.15, 0.2) is 10.4 Å². The summed E-state index contributed by atoms with van der Waals surface area (Å²) in [5, 5.41) is 4.05. The van der Waals surface area contributed by atoms with E-state index in [0.29, 0.717) is 17.3 Å². The maximum absolute atomic E-state index is 12.4. The quantitative estimate of drug-likeness (QED) is 0.868. The third kappa shape index (κ3) is 2.52. The molecule has 7 heteroatoms. The molecule has 2 atom stereocenters. The lowest BCUT2D eigenvalue weighted by Crippen LogP contribution is -2.55. The van der Waals surface area contributed by atoms with Crippen LogP contribution in [0.5, 0.6) is 0 Å². The first-order valence-corrected chi connectivity index (χ1v) is 7.84. The number of rotatable bonds is 2. The predicted octanol–water partition coefficient (Wildman–Crippen LogP) is 0.822. The first-order valence-electron chi connectivity index (χ1n) is 5.59. The van der Waals surface area contributed by atoms with Crippen LogP contribution >= 0.6 is 11.3 Å². The number of nitrogens with one attached hydrogen (secondary N) is 1. The number of aryl methyl sites for hydroxylation is 1. The molecule has 2 rings (SSSR count). The molecule has 0 aromatic carbocycles. The molecule has 0 saturated carbocycles. The van der Waals surface area contributed by atoms with Gasteiger partial charge in [-0.3, -0.25) is 0 Å². The Labute approximate surface area is 106 Å². The Morgan fingerprint density at radius 2 is 2.24 bits per heavy atom. The van der Waals surface area contributed by atoms with Crippen molar-refractivity contribution in [2.75, 3.05) is 13.1 Å². The van der Waals surface area contributed by atoms with E-state index in [1.807, 2.05) is 20.8 Å². The minimum Gasteiger partial charge on any atom is -0.311 e. The molecular weight excluding hydrogens is 258 g/mol. The average molecular weight is 275 g/mol. The van der Waals surface area contributed by atoms with Gasteiger partial charge in [-0.2, -0.15) is 4.31 Å². The van der Waals surface area contributed by atoms with E-state index in [0.717, 1.165) is 5.01 Å². The largest absolute Gasteiger partial charge is 0.311 e. The van der Waals surface area contributed by atoms with E-state index in [1.165, 1.54) is 17.5 Å².